The van der Waals surface area contributed by atoms with E-state index in [0.717, 1.165) is 11.1 Å². The number of hydrogen-bond acceptors (Lipinski definition) is 5. The van der Waals surface area contributed by atoms with Crippen molar-refractivity contribution in [1.82, 2.24) is 14.8 Å². The Morgan fingerprint density at radius 3 is 2.61 bits per heavy atom. The number of primary amides is 1. The fraction of sp³-hybridized carbons (Fsp3) is 0.190. The van der Waals surface area contributed by atoms with Crippen molar-refractivity contribution < 1.29 is 9.90 Å². The number of nitrogens with one attached hydrogen (secondary N) is 1. The number of nitrogens with zero attached hydrogens (tertiary/aromatic N) is 3. The third-order valence-electron chi connectivity index (χ3n) is 5.07. The minimum absolute atomic E-state index is 0.105. The lowest BCUT2D eigenvalue weighted by Gasteiger charge is -2.27. The molecular formula is C21H21N5O2. The number of carbonyl (C=O) groups is 1. The highest BCUT2D eigenvalue weighted by molar-refractivity contribution is 5.95. The molecule has 0 saturated carbocycles. The molecule has 4 rings (SSSR count). The zero-order valence-electron chi connectivity index (χ0n) is 15.9. The van der Waals surface area contributed by atoms with Gasteiger partial charge >= 0.3 is 0 Å². The third kappa shape index (κ3) is 2.90. The molecule has 1 amide bonds. The number of anilines is 1. The van der Waals surface area contributed by atoms with Gasteiger partial charge in [-0.2, -0.15) is 4.98 Å². The maximum atomic E-state index is 12.2. The van der Waals surface area contributed by atoms with E-state index in [4.69, 9.17) is 5.73 Å². The van der Waals surface area contributed by atoms with Crippen LogP contribution >= 0.6 is 0 Å². The van der Waals surface area contributed by atoms with E-state index in [-0.39, 0.29) is 5.75 Å². The molecular weight excluding hydrogens is 354 g/mol. The quantitative estimate of drug-likeness (QED) is 0.652. The third-order valence-corrected chi connectivity index (χ3v) is 5.07. The lowest BCUT2D eigenvalue weighted by atomic mass is 9.95. The summed E-state index contributed by atoms with van der Waals surface area (Å²) in [4.78, 5) is 16.8. The summed E-state index contributed by atoms with van der Waals surface area (Å²) in [6, 6.07) is 12.2. The molecule has 0 saturated heterocycles. The molecule has 0 radical (unpaired) electrons. The van der Waals surface area contributed by atoms with Crippen molar-refractivity contribution >= 4 is 11.9 Å². The number of allylic oxidation sites excluding steroid dienone is 1. The topological polar surface area (TPSA) is 106 Å². The summed E-state index contributed by atoms with van der Waals surface area (Å²) in [6.07, 6.45) is 0. The van der Waals surface area contributed by atoms with E-state index in [0.29, 0.717) is 28.6 Å². The molecule has 28 heavy (non-hydrogen) atoms. The summed E-state index contributed by atoms with van der Waals surface area (Å²) in [5.41, 5.74) is 10.6. The second kappa shape index (κ2) is 6.53. The van der Waals surface area contributed by atoms with E-state index in [1.165, 1.54) is 5.56 Å². The van der Waals surface area contributed by atoms with Crippen LogP contribution in [-0.2, 0) is 4.79 Å². The van der Waals surface area contributed by atoms with Crippen LogP contribution in [0.5, 0.6) is 5.75 Å². The number of aromatic nitrogens is 3. The van der Waals surface area contributed by atoms with Gasteiger partial charge in [-0.1, -0.05) is 24.3 Å². The summed E-state index contributed by atoms with van der Waals surface area (Å²) in [6.45, 7) is 5.87. The molecule has 0 aliphatic carbocycles. The molecule has 1 aliphatic heterocycles. The van der Waals surface area contributed by atoms with Crippen LogP contribution in [0.1, 0.15) is 29.7 Å². The summed E-state index contributed by atoms with van der Waals surface area (Å²) >= 11 is 0. The SMILES string of the molecule is CC1=C(C(N)=O)C(c2cccc(O)c2)n2nc(-c3ccc(C)c(C)c3)nc2N1. The number of fused-ring (bicyclic) bond motifs is 1. The van der Waals surface area contributed by atoms with Gasteiger partial charge in [0.25, 0.3) is 0 Å². The van der Waals surface area contributed by atoms with Crippen molar-refractivity contribution in [3.63, 3.8) is 0 Å². The molecule has 0 fully saturated rings. The van der Waals surface area contributed by atoms with Crippen molar-refractivity contribution in [1.29, 1.82) is 0 Å². The molecule has 3 aromatic rings. The van der Waals surface area contributed by atoms with Crippen molar-refractivity contribution in [3.05, 3.63) is 70.4 Å². The largest absolute Gasteiger partial charge is 0.508 e. The van der Waals surface area contributed by atoms with E-state index in [1.807, 2.05) is 31.2 Å². The summed E-state index contributed by atoms with van der Waals surface area (Å²) in [5.74, 6) is 0.624. The Bertz CT molecular complexity index is 1130. The molecule has 0 bridgehead atoms. The number of aryl methyl sites for hydroxylation is 2. The normalized spacial score (nSPS) is 15.9. The van der Waals surface area contributed by atoms with E-state index >= 15 is 0 Å². The zero-order valence-corrected chi connectivity index (χ0v) is 15.9. The number of benzene rings is 2. The van der Waals surface area contributed by atoms with E-state index < -0.39 is 11.9 Å². The smallest absolute Gasteiger partial charge is 0.248 e. The van der Waals surface area contributed by atoms with Gasteiger partial charge < -0.3 is 16.2 Å². The van der Waals surface area contributed by atoms with Crippen LogP contribution in [0.3, 0.4) is 0 Å². The van der Waals surface area contributed by atoms with Crippen LogP contribution in [0, 0.1) is 13.8 Å². The van der Waals surface area contributed by atoms with Crippen LogP contribution in [0.2, 0.25) is 0 Å². The van der Waals surface area contributed by atoms with Gasteiger partial charge in [0.2, 0.25) is 11.9 Å². The minimum Gasteiger partial charge on any atom is -0.508 e. The molecule has 142 valence electrons. The number of carbonyl (C=O) groups excluding carboxylic acids is 1. The zero-order chi connectivity index (χ0) is 20.0. The van der Waals surface area contributed by atoms with Gasteiger partial charge in [0.15, 0.2) is 5.82 Å². The first-order valence-electron chi connectivity index (χ1n) is 8.96. The monoisotopic (exact) mass is 375 g/mol. The fourth-order valence-electron chi connectivity index (χ4n) is 3.48. The Morgan fingerprint density at radius 1 is 1.14 bits per heavy atom. The van der Waals surface area contributed by atoms with Crippen molar-refractivity contribution in [2.24, 2.45) is 5.73 Å². The second-order valence-corrected chi connectivity index (χ2v) is 7.03. The van der Waals surface area contributed by atoms with Crippen LogP contribution in [0.15, 0.2) is 53.7 Å². The summed E-state index contributed by atoms with van der Waals surface area (Å²) < 4.78 is 1.65. The molecule has 7 nitrogen and oxygen atoms in total. The first kappa shape index (κ1) is 17.8. The molecule has 2 aromatic carbocycles. The molecule has 1 atom stereocenters. The predicted molar refractivity (Wildman–Crippen MR) is 107 cm³/mol. The van der Waals surface area contributed by atoms with Gasteiger partial charge in [-0.25, -0.2) is 4.68 Å². The van der Waals surface area contributed by atoms with E-state index in [2.05, 4.69) is 22.3 Å². The minimum atomic E-state index is -0.575. The number of phenols is 1. The summed E-state index contributed by atoms with van der Waals surface area (Å²) in [7, 11) is 0. The number of nitrogens with two attached hydrogens (primary N) is 1. The molecule has 2 heterocycles. The second-order valence-electron chi connectivity index (χ2n) is 7.03. The van der Waals surface area contributed by atoms with Crippen LogP contribution in [0.25, 0.3) is 11.4 Å². The first-order chi connectivity index (χ1) is 13.3. The number of rotatable bonds is 3. The Hall–Kier alpha value is -3.61. The molecule has 0 spiro atoms. The fourth-order valence-corrected chi connectivity index (χ4v) is 3.48. The highest BCUT2D eigenvalue weighted by Gasteiger charge is 2.33. The lowest BCUT2D eigenvalue weighted by Crippen LogP contribution is -2.31. The van der Waals surface area contributed by atoms with Gasteiger partial charge in [-0.05, 0) is 55.7 Å². The highest BCUT2D eigenvalue weighted by atomic mass is 16.3. The molecule has 1 aliphatic rings. The molecule has 7 heteroatoms. The Kier molecular flexibility index (Phi) is 4.15. The lowest BCUT2D eigenvalue weighted by molar-refractivity contribution is -0.115. The van der Waals surface area contributed by atoms with Gasteiger partial charge in [-0.3, -0.25) is 4.79 Å². The number of amides is 1. The Balaban J connectivity index is 1.89. The van der Waals surface area contributed by atoms with Gasteiger partial charge in [0.05, 0.1) is 5.57 Å². The maximum Gasteiger partial charge on any atom is 0.248 e. The predicted octanol–water partition coefficient (Wildman–Crippen LogP) is 3.04. The number of phenolic OH excluding ortho intramolecular Hbond substituents is 1. The molecule has 4 N–H and O–H groups in total. The van der Waals surface area contributed by atoms with Crippen molar-refractivity contribution in [2.75, 3.05) is 5.32 Å². The summed E-state index contributed by atoms with van der Waals surface area (Å²) in [5, 5.41) is 17.7. The van der Waals surface area contributed by atoms with Crippen molar-refractivity contribution in [3.8, 4) is 17.1 Å². The number of hydrogen-bond donors (Lipinski definition) is 3. The maximum absolute atomic E-state index is 12.2. The molecule has 1 unspecified atom stereocenters. The standard InChI is InChI=1S/C21H21N5O2/c1-11-7-8-15(9-12(11)2)20-24-21-23-13(3)17(19(22)28)18(26(21)25-20)14-5-4-6-16(27)10-14/h4-10,18,27H,1-3H3,(H2,22,28)(H,23,24,25). The van der Waals surface area contributed by atoms with Crippen LogP contribution in [0.4, 0.5) is 5.95 Å². The van der Waals surface area contributed by atoms with Crippen LogP contribution < -0.4 is 11.1 Å². The Morgan fingerprint density at radius 2 is 1.93 bits per heavy atom. The van der Waals surface area contributed by atoms with Crippen LogP contribution in [-0.4, -0.2) is 25.8 Å². The van der Waals surface area contributed by atoms with E-state index in [1.54, 1.807) is 29.8 Å². The number of aromatic hydroxyl groups is 1. The highest BCUT2D eigenvalue weighted by Crippen LogP contribution is 2.37. The van der Waals surface area contributed by atoms with Crippen molar-refractivity contribution in [2.45, 2.75) is 26.8 Å². The van der Waals surface area contributed by atoms with Gasteiger partial charge in [0.1, 0.15) is 11.8 Å². The molecule has 1 aromatic heterocycles. The first-order valence-corrected chi connectivity index (χ1v) is 8.96. The van der Waals surface area contributed by atoms with Gasteiger partial charge in [-0.15, -0.1) is 5.10 Å². The average Bonchev–Trinajstić information content (AvgIpc) is 3.06. The average molecular weight is 375 g/mol. The van der Waals surface area contributed by atoms with E-state index in [9.17, 15) is 9.90 Å². The Labute approximate surface area is 162 Å². The van der Waals surface area contributed by atoms with Gasteiger partial charge in [0, 0.05) is 11.3 Å².